The van der Waals surface area contributed by atoms with Crippen LogP contribution in [0.2, 0.25) is 0 Å². The number of hydrogen-bond acceptors (Lipinski definition) is 2. The number of hydrogen-bond donors (Lipinski definition) is 0. The van der Waals surface area contributed by atoms with E-state index in [0.717, 1.165) is 49.9 Å². The Balaban J connectivity index is 1.55. The van der Waals surface area contributed by atoms with E-state index in [4.69, 9.17) is 4.42 Å². The van der Waals surface area contributed by atoms with Gasteiger partial charge in [0.05, 0.1) is 17.2 Å². The molecule has 3 aromatic carbocycles. The molecule has 0 spiro atoms. The van der Waals surface area contributed by atoms with Crippen molar-refractivity contribution in [1.29, 1.82) is 5.26 Å². The quantitative estimate of drug-likeness (QED) is 0.258. The van der Waals surface area contributed by atoms with Crippen LogP contribution in [-0.2, 0) is 7.05 Å². The van der Waals surface area contributed by atoms with Crippen LogP contribution in [0.5, 0.6) is 0 Å². The summed E-state index contributed by atoms with van der Waals surface area (Å²) in [6.45, 7) is 2.14. The van der Waals surface area contributed by atoms with Crippen molar-refractivity contribution in [2.75, 3.05) is 0 Å². The van der Waals surface area contributed by atoms with Crippen molar-refractivity contribution in [3.63, 3.8) is 0 Å². The number of nitriles is 1. The summed E-state index contributed by atoms with van der Waals surface area (Å²) < 4.78 is 8.82. The maximum atomic E-state index is 9.99. The normalized spacial score (nSPS) is 14.4. The largest absolute Gasteiger partial charge is 0.454 e. The van der Waals surface area contributed by atoms with Crippen LogP contribution in [0, 0.1) is 18.3 Å². The van der Waals surface area contributed by atoms with Gasteiger partial charge >= 0.3 is 0 Å². The first-order valence-corrected chi connectivity index (χ1v) is 12.6. The Hall–Kier alpha value is -3.90. The molecule has 2 aromatic heterocycles. The Kier molecular flexibility index (Phi) is 5.38. The number of furan rings is 1. The topological polar surface area (TPSA) is 40.8 Å². The van der Waals surface area contributed by atoms with Crippen LogP contribution in [0.3, 0.4) is 0 Å². The highest BCUT2D eigenvalue weighted by atomic mass is 16.3. The molecule has 5 aromatic rings. The fraction of sp³-hybridized carbons (Fsp3) is 0.250. The molecule has 1 aliphatic carbocycles. The Morgan fingerprint density at radius 2 is 1.71 bits per heavy atom. The molecular weight excluding hydrogens is 428 g/mol. The highest BCUT2D eigenvalue weighted by Crippen LogP contribution is 2.41. The monoisotopic (exact) mass is 457 g/mol. The second-order valence-electron chi connectivity index (χ2n) is 9.86. The van der Waals surface area contributed by atoms with Gasteiger partial charge in [-0.05, 0) is 54.5 Å². The molecule has 1 saturated carbocycles. The summed E-state index contributed by atoms with van der Waals surface area (Å²) in [6.07, 6.45) is 8.28. The van der Waals surface area contributed by atoms with Gasteiger partial charge in [0.2, 0.25) is 5.69 Å². The summed E-state index contributed by atoms with van der Waals surface area (Å²) in [5, 5.41) is 12.2. The molecule has 0 radical (unpaired) electrons. The fourth-order valence-electron chi connectivity index (χ4n) is 5.88. The maximum Gasteiger partial charge on any atom is 0.216 e. The molecule has 0 atom stereocenters. The number of para-hydroxylation sites is 1. The fourth-order valence-corrected chi connectivity index (χ4v) is 5.88. The molecule has 172 valence electrons. The van der Waals surface area contributed by atoms with E-state index in [0.29, 0.717) is 5.92 Å². The van der Waals surface area contributed by atoms with Gasteiger partial charge in [-0.1, -0.05) is 61.7 Å². The summed E-state index contributed by atoms with van der Waals surface area (Å²) >= 11 is 0. The zero-order valence-corrected chi connectivity index (χ0v) is 20.3. The molecular formula is C32H29N2O+. The lowest BCUT2D eigenvalue weighted by molar-refractivity contribution is -0.660. The summed E-state index contributed by atoms with van der Waals surface area (Å²) in [4.78, 5) is 0. The van der Waals surface area contributed by atoms with Crippen LogP contribution in [-0.4, -0.2) is 0 Å². The maximum absolute atomic E-state index is 9.99. The van der Waals surface area contributed by atoms with Gasteiger partial charge in [-0.25, -0.2) is 4.57 Å². The third-order valence-electron chi connectivity index (χ3n) is 7.72. The molecule has 35 heavy (non-hydrogen) atoms. The van der Waals surface area contributed by atoms with E-state index in [9.17, 15) is 5.26 Å². The van der Waals surface area contributed by atoms with E-state index in [1.54, 1.807) is 0 Å². The van der Waals surface area contributed by atoms with Crippen LogP contribution in [0.15, 0.2) is 77.3 Å². The Bertz CT molecular complexity index is 1610. The minimum atomic E-state index is 0.506. The highest BCUT2D eigenvalue weighted by Gasteiger charge is 2.23. The molecule has 3 nitrogen and oxygen atoms in total. The van der Waals surface area contributed by atoms with Crippen molar-refractivity contribution in [2.24, 2.45) is 7.05 Å². The zero-order valence-electron chi connectivity index (χ0n) is 20.3. The zero-order chi connectivity index (χ0) is 23.9. The van der Waals surface area contributed by atoms with E-state index in [-0.39, 0.29) is 0 Å². The lowest BCUT2D eigenvalue weighted by Crippen LogP contribution is -2.30. The van der Waals surface area contributed by atoms with Gasteiger partial charge in [-0.15, -0.1) is 0 Å². The van der Waals surface area contributed by atoms with Crippen LogP contribution >= 0.6 is 0 Å². The number of aryl methyl sites for hydroxylation is 2. The molecule has 2 heterocycles. The van der Waals surface area contributed by atoms with E-state index in [1.807, 2.05) is 6.07 Å². The van der Waals surface area contributed by atoms with Crippen molar-refractivity contribution in [3.05, 3.63) is 89.6 Å². The molecule has 6 rings (SSSR count). The van der Waals surface area contributed by atoms with E-state index >= 15 is 0 Å². The third-order valence-corrected chi connectivity index (χ3v) is 7.72. The van der Waals surface area contributed by atoms with Gasteiger partial charge in [-0.3, -0.25) is 0 Å². The van der Waals surface area contributed by atoms with Crippen LogP contribution in [0.25, 0.3) is 44.3 Å². The van der Waals surface area contributed by atoms with E-state index in [2.05, 4.69) is 91.5 Å². The molecule has 3 heteroatoms. The van der Waals surface area contributed by atoms with Crippen molar-refractivity contribution in [3.8, 4) is 28.5 Å². The van der Waals surface area contributed by atoms with Gasteiger partial charge in [0.25, 0.3) is 0 Å². The predicted molar refractivity (Wildman–Crippen MR) is 141 cm³/mol. The SMILES string of the molecule is Cc1ccc2c(oc3c(-c4ccc(C5CCCCC5)c(C#N)c4)cccc32)c1-c1cccc[n+]1C. The predicted octanol–water partition coefficient (Wildman–Crippen LogP) is 7.97. The molecule has 1 fully saturated rings. The Morgan fingerprint density at radius 1 is 0.886 bits per heavy atom. The van der Waals surface area contributed by atoms with Crippen LogP contribution in [0.4, 0.5) is 0 Å². The smallest absolute Gasteiger partial charge is 0.216 e. The second-order valence-corrected chi connectivity index (χ2v) is 9.86. The first kappa shape index (κ1) is 21.6. The number of benzene rings is 3. The van der Waals surface area contributed by atoms with Gasteiger partial charge < -0.3 is 4.42 Å². The van der Waals surface area contributed by atoms with Crippen molar-refractivity contribution >= 4 is 21.9 Å². The molecule has 0 unspecified atom stereocenters. The molecule has 0 N–H and O–H groups in total. The number of nitrogens with zero attached hydrogens (tertiary/aromatic N) is 2. The van der Waals surface area contributed by atoms with Crippen LogP contribution < -0.4 is 4.57 Å². The van der Waals surface area contributed by atoms with Gasteiger partial charge in [0, 0.05) is 28.5 Å². The first-order chi connectivity index (χ1) is 17.2. The summed E-state index contributed by atoms with van der Waals surface area (Å²) in [5.74, 6) is 0.506. The van der Waals surface area contributed by atoms with Crippen LogP contribution in [0.1, 0.15) is 54.7 Å². The van der Waals surface area contributed by atoms with Crippen molar-refractivity contribution in [2.45, 2.75) is 44.9 Å². The lowest BCUT2D eigenvalue weighted by atomic mass is 9.81. The number of pyridine rings is 1. The van der Waals surface area contributed by atoms with Crippen molar-refractivity contribution in [1.82, 2.24) is 0 Å². The molecule has 0 bridgehead atoms. The Labute approximate surface area is 206 Å². The Morgan fingerprint density at radius 3 is 2.51 bits per heavy atom. The second kappa shape index (κ2) is 8.71. The third kappa shape index (κ3) is 3.61. The molecule has 0 aliphatic heterocycles. The number of fused-ring (bicyclic) bond motifs is 3. The minimum absolute atomic E-state index is 0.506. The average Bonchev–Trinajstić information content (AvgIpc) is 3.28. The van der Waals surface area contributed by atoms with Gasteiger partial charge in [0.1, 0.15) is 18.2 Å². The van der Waals surface area contributed by atoms with Crippen molar-refractivity contribution < 1.29 is 8.98 Å². The minimum Gasteiger partial charge on any atom is -0.454 e. The van der Waals surface area contributed by atoms with Gasteiger partial charge in [0.15, 0.2) is 6.20 Å². The average molecular weight is 458 g/mol. The number of rotatable bonds is 3. The molecule has 0 saturated heterocycles. The van der Waals surface area contributed by atoms with Gasteiger partial charge in [-0.2, -0.15) is 5.26 Å². The molecule has 1 aliphatic rings. The summed E-state index contributed by atoms with van der Waals surface area (Å²) in [5.41, 5.74) is 9.30. The number of aromatic nitrogens is 1. The first-order valence-electron chi connectivity index (χ1n) is 12.6. The van der Waals surface area contributed by atoms with E-state index in [1.165, 1.54) is 43.2 Å². The standard InChI is InChI=1S/C32H29N2O/c1-21-14-16-28-27-12-8-11-26(31(27)35-32(28)30(21)29-13-6-7-18-34(29)2)23-15-17-25(24(19-23)20-33)22-9-4-3-5-10-22/h6-8,11-19,22H,3-5,9-10H2,1-2H3/q+1. The lowest BCUT2D eigenvalue weighted by Gasteiger charge is -2.23. The van der Waals surface area contributed by atoms with E-state index < -0.39 is 0 Å². The summed E-state index contributed by atoms with van der Waals surface area (Å²) in [6, 6.07) is 25.8. The summed E-state index contributed by atoms with van der Waals surface area (Å²) in [7, 11) is 2.07. The molecule has 0 amide bonds. The highest BCUT2D eigenvalue weighted by molar-refractivity contribution is 6.13.